The van der Waals surface area contributed by atoms with Gasteiger partial charge in [0.2, 0.25) is 10.0 Å². The summed E-state index contributed by atoms with van der Waals surface area (Å²) in [5, 5.41) is 9.71. The first-order chi connectivity index (χ1) is 16.2. The molecule has 2 aromatic rings. The molecule has 0 saturated carbocycles. The molecular formula is C24H27N3O6S. The topological polar surface area (TPSA) is 115 Å². The summed E-state index contributed by atoms with van der Waals surface area (Å²) in [6, 6.07) is 12.9. The van der Waals surface area contributed by atoms with E-state index >= 15 is 0 Å². The van der Waals surface area contributed by atoms with Crippen molar-refractivity contribution in [2.24, 2.45) is 0 Å². The molecule has 0 spiro atoms. The van der Waals surface area contributed by atoms with Crippen molar-refractivity contribution < 1.29 is 27.9 Å². The summed E-state index contributed by atoms with van der Waals surface area (Å²) in [6.45, 7) is 2.04. The first-order valence-corrected chi connectivity index (χ1v) is 12.6. The van der Waals surface area contributed by atoms with Crippen LogP contribution in [0.5, 0.6) is 0 Å². The lowest BCUT2D eigenvalue weighted by atomic mass is 9.99. The van der Waals surface area contributed by atoms with Crippen molar-refractivity contribution in [3.8, 4) is 0 Å². The molecule has 9 nitrogen and oxygen atoms in total. The lowest BCUT2D eigenvalue weighted by Crippen LogP contribution is -2.62. The Morgan fingerprint density at radius 2 is 1.59 bits per heavy atom. The predicted octanol–water partition coefficient (Wildman–Crippen LogP) is 2.22. The Labute approximate surface area is 198 Å². The predicted molar refractivity (Wildman–Crippen MR) is 124 cm³/mol. The summed E-state index contributed by atoms with van der Waals surface area (Å²) in [7, 11) is -3.93. The quantitative estimate of drug-likeness (QED) is 0.694. The Kier molecular flexibility index (Phi) is 6.72. The number of aryl methyl sites for hydroxylation is 1. The van der Waals surface area contributed by atoms with Gasteiger partial charge in [0.25, 0.3) is 5.91 Å². The number of sulfonamides is 1. The number of rotatable bonds is 5. The molecule has 4 rings (SSSR count). The maximum atomic E-state index is 13.6. The van der Waals surface area contributed by atoms with E-state index < -0.39 is 34.0 Å². The summed E-state index contributed by atoms with van der Waals surface area (Å²) in [5.41, 5.74) is 1.36. The Hall–Kier alpha value is -3.24. The monoisotopic (exact) mass is 485 g/mol. The summed E-state index contributed by atoms with van der Waals surface area (Å²) < 4.78 is 27.8. The second kappa shape index (κ2) is 9.55. The molecule has 0 aromatic heterocycles. The zero-order chi connectivity index (χ0) is 24.5. The minimum atomic E-state index is -3.93. The van der Waals surface area contributed by atoms with Gasteiger partial charge in [0, 0.05) is 31.7 Å². The Balaban J connectivity index is 1.59. The van der Waals surface area contributed by atoms with Crippen LogP contribution in [0, 0.1) is 6.92 Å². The number of nitrogens with zero attached hydrogens (tertiary/aromatic N) is 3. The largest absolute Gasteiger partial charge is 0.465 e. The van der Waals surface area contributed by atoms with E-state index in [1.54, 1.807) is 42.5 Å². The highest BCUT2D eigenvalue weighted by Gasteiger charge is 2.46. The van der Waals surface area contributed by atoms with Crippen LogP contribution in [0.2, 0.25) is 0 Å². The van der Waals surface area contributed by atoms with Crippen molar-refractivity contribution in [2.75, 3.05) is 26.2 Å². The number of carbonyl (C=O) groups is 3. The van der Waals surface area contributed by atoms with Crippen molar-refractivity contribution in [1.82, 2.24) is 14.1 Å². The number of hydrogen-bond donors (Lipinski definition) is 1. The van der Waals surface area contributed by atoms with Gasteiger partial charge in [0.1, 0.15) is 6.04 Å². The smallest absolute Gasteiger partial charge is 0.408 e. The van der Waals surface area contributed by atoms with Gasteiger partial charge in [-0.2, -0.15) is 4.31 Å². The van der Waals surface area contributed by atoms with E-state index in [0.29, 0.717) is 18.4 Å². The molecule has 1 unspecified atom stereocenters. The van der Waals surface area contributed by atoms with Gasteiger partial charge >= 0.3 is 6.09 Å². The number of carbonyl (C=O) groups excluding carboxylic acids is 2. The van der Waals surface area contributed by atoms with Gasteiger partial charge in [-0.3, -0.25) is 14.5 Å². The van der Waals surface area contributed by atoms with Crippen LogP contribution in [0.15, 0.2) is 59.5 Å². The van der Waals surface area contributed by atoms with E-state index in [-0.39, 0.29) is 37.0 Å². The van der Waals surface area contributed by atoms with Crippen LogP contribution in [0.3, 0.4) is 0 Å². The minimum Gasteiger partial charge on any atom is -0.465 e. The number of amides is 2. The van der Waals surface area contributed by atoms with Crippen LogP contribution in [-0.4, -0.2) is 83.7 Å². The van der Waals surface area contributed by atoms with E-state index in [1.807, 2.05) is 6.92 Å². The number of benzene rings is 2. The average molecular weight is 486 g/mol. The maximum absolute atomic E-state index is 13.6. The standard InChI is InChI=1S/C24H27N3O6S/c1-17-9-11-19(12-10-17)34(32,33)27-13-5-8-20(27)22(28)21-16-25(14-15-26(21)24(30)31)23(29)18-6-3-2-4-7-18/h2-4,6-7,9-12,20-21H,5,8,13-16H2,1H3,(H,30,31)/t20-,21?/m0/s1. The minimum absolute atomic E-state index is 0.0260. The molecule has 2 atom stereocenters. The van der Waals surface area contributed by atoms with E-state index in [4.69, 9.17) is 0 Å². The molecule has 2 aromatic carbocycles. The zero-order valence-electron chi connectivity index (χ0n) is 18.8. The lowest BCUT2D eigenvalue weighted by Gasteiger charge is -2.40. The molecule has 0 bridgehead atoms. The van der Waals surface area contributed by atoms with Crippen molar-refractivity contribution in [3.63, 3.8) is 0 Å². The van der Waals surface area contributed by atoms with Gasteiger partial charge in [-0.25, -0.2) is 13.2 Å². The Morgan fingerprint density at radius 3 is 2.24 bits per heavy atom. The van der Waals surface area contributed by atoms with E-state index in [2.05, 4.69) is 0 Å². The molecule has 2 aliphatic heterocycles. The molecule has 180 valence electrons. The van der Waals surface area contributed by atoms with Crippen LogP contribution in [0.25, 0.3) is 0 Å². The summed E-state index contributed by atoms with van der Waals surface area (Å²) >= 11 is 0. The van der Waals surface area contributed by atoms with Crippen molar-refractivity contribution in [1.29, 1.82) is 0 Å². The molecule has 10 heteroatoms. The van der Waals surface area contributed by atoms with Crippen LogP contribution in [-0.2, 0) is 14.8 Å². The van der Waals surface area contributed by atoms with E-state index in [0.717, 1.165) is 10.5 Å². The van der Waals surface area contributed by atoms with Gasteiger partial charge < -0.3 is 10.0 Å². The number of hydrogen-bond acceptors (Lipinski definition) is 5. The van der Waals surface area contributed by atoms with E-state index in [9.17, 15) is 27.9 Å². The van der Waals surface area contributed by atoms with Crippen LogP contribution in [0.4, 0.5) is 4.79 Å². The maximum Gasteiger partial charge on any atom is 0.408 e. The second-order valence-electron chi connectivity index (χ2n) is 8.60. The number of carboxylic acid groups (broad SMARTS) is 1. The highest BCUT2D eigenvalue weighted by Crippen LogP contribution is 2.29. The van der Waals surface area contributed by atoms with Crippen molar-refractivity contribution in [3.05, 3.63) is 65.7 Å². The Morgan fingerprint density at radius 1 is 0.912 bits per heavy atom. The van der Waals surface area contributed by atoms with Crippen LogP contribution in [0.1, 0.15) is 28.8 Å². The van der Waals surface area contributed by atoms with Gasteiger partial charge in [0.05, 0.1) is 10.9 Å². The third kappa shape index (κ3) is 4.55. The number of ketones is 1. The molecule has 2 amide bonds. The highest BCUT2D eigenvalue weighted by molar-refractivity contribution is 7.89. The first kappa shape index (κ1) is 23.9. The van der Waals surface area contributed by atoms with Gasteiger partial charge in [-0.15, -0.1) is 0 Å². The third-order valence-electron chi connectivity index (χ3n) is 6.42. The zero-order valence-corrected chi connectivity index (χ0v) is 19.6. The highest BCUT2D eigenvalue weighted by atomic mass is 32.2. The fraction of sp³-hybridized carbons (Fsp3) is 0.375. The SMILES string of the molecule is Cc1ccc(S(=O)(=O)N2CCC[C@H]2C(=O)C2CN(C(=O)c3ccccc3)CCN2C(=O)O)cc1. The second-order valence-corrected chi connectivity index (χ2v) is 10.5. The molecule has 2 fully saturated rings. The first-order valence-electron chi connectivity index (χ1n) is 11.2. The summed E-state index contributed by atoms with van der Waals surface area (Å²) in [4.78, 5) is 41.0. The summed E-state index contributed by atoms with van der Waals surface area (Å²) in [6.07, 6.45) is -0.467. The molecule has 1 N–H and O–H groups in total. The fourth-order valence-corrected chi connectivity index (χ4v) is 6.25. The summed E-state index contributed by atoms with van der Waals surface area (Å²) in [5.74, 6) is -0.792. The van der Waals surface area contributed by atoms with Crippen LogP contribution >= 0.6 is 0 Å². The third-order valence-corrected chi connectivity index (χ3v) is 8.34. The van der Waals surface area contributed by atoms with Gasteiger partial charge in [0.15, 0.2) is 5.78 Å². The molecule has 0 aliphatic carbocycles. The molecule has 2 aliphatic rings. The van der Waals surface area contributed by atoms with Crippen LogP contribution < -0.4 is 0 Å². The average Bonchev–Trinajstić information content (AvgIpc) is 3.34. The molecule has 2 heterocycles. The number of Topliss-reactive ketones (excluding diaryl/α,β-unsaturated/α-hetero) is 1. The van der Waals surface area contributed by atoms with Gasteiger partial charge in [-0.05, 0) is 44.0 Å². The van der Waals surface area contributed by atoms with E-state index in [1.165, 1.54) is 21.3 Å². The molecule has 34 heavy (non-hydrogen) atoms. The van der Waals surface area contributed by atoms with Gasteiger partial charge in [-0.1, -0.05) is 35.9 Å². The normalized spacial score (nSPS) is 21.4. The molecular weight excluding hydrogens is 458 g/mol. The fourth-order valence-electron chi connectivity index (χ4n) is 4.58. The lowest BCUT2D eigenvalue weighted by molar-refractivity contribution is -0.128. The van der Waals surface area contributed by atoms with Crippen molar-refractivity contribution in [2.45, 2.75) is 36.7 Å². The molecule has 0 radical (unpaired) electrons. The number of piperazine rings is 1. The Bertz CT molecular complexity index is 1180. The van der Waals surface area contributed by atoms with Crippen molar-refractivity contribution >= 4 is 27.8 Å². The molecule has 2 saturated heterocycles.